The van der Waals surface area contributed by atoms with Crippen molar-refractivity contribution in [3.05, 3.63) is 29.8 Å². The Kier molecular flexibility index (Phi) is 6.16. The first-order valence-electron chi connectivity index (χ1n) is 6.22. The lowest BCUT2D eigenvalue weighted by Crippen LogP contribution is -2.38. The molecule has 0 aliphatic rings. The Balaban J connectivity index is 3.04. The second kappa shape index (κ2) is 7.39. The highest BCUT2D eigenvalue weighted by Crippen LogP contribution is 2.22. The zero-order valence-corrected chi connectivity index (χ0v) is 11.9. The lowest BCUT2D eigenvalue weighted by molar-refractivity contribution is -0.119. The van der Waals surface area contributed by atoms with E-state index in [4.69, 9.17) is 16.3 Å². The highest BCUT2D eigenvalue weighted by molar-refractivity contribution is 6.32. The van der Waals surface area contributed by atoms with Crippen LogP contribution in [0.2, 0.25) is 0 Å². The van der Waals surface area contributed by atoms with E-state index in [0.717, 1.165) is 17.7 Å². The molecule has 0 aromatic heterocycles. The molecule has 1 atom stereocenters. The molecule has 4 heteroatoms. The summed E-state index contributed by atoms with van der Waals surface area (Å²) in [7, 11) is 0. The number of para-hydroxylation sites is 1. The second-order valence-electron chi connectivity index (χ2n) is 3.99. The number of amides is 1. The van der Waals surface area contributed by atoms with Crippen LogP contribution in [0.4, 0.5) is 5.69 Å². The summed E-state index contributed by atoms with van der Waals surface area (Å²) in [5, 5.41) is -0.560. The summed E-state index contributed by atoms with van der Waals surface area (Å²) in [6.45, 7) is 6.44. The fourth-order valence-electron chi connectivity index (χ4n) is 1.72. The van der Waals surface area contributed by atoms with Gasteiger partial charge in [-0.05, 0) is 31.9 Å². The summed E-state index contributed by atoms with van der Waals surface area (Å²) < 4.78 is 5.37. The number of carbonyl (C=O) groups is 1. The van der Waals surface area contributed by atoms with Crippen molar-refractivity contribution >= 4 is 23.2 Å². The number of carbonyl (C=O) groups excluding carboxylic acids is 1. The number of ether oxygens (including phenoxy) is 1. The summed E-state index contributed by atoms with van der Waals surface area (Å²) in [5.41, 5.74) is 1.99. The number of hydrogen-bond acceptors (Lipinski definition) is 2. The minimum Gasteiger partial charge on any atom is -0.361 e. The van der Waals surface area contributed by atoms with Gasteiger partial charge in [-0.25, -0.2) is 0 Å². The van der Waals surface area contributed by atoms with Crippen molar-refractivity contribution in [2.45, 2.75) is 32.6 Å². The third-order valence-corrected chi connectivity index (χ3v) is 2.88. The normalized spacial score (nSPS) is 12.2. The van der Waals surface area contributed by atoms with Crippen LogP contribution in [-0.2, 0) is 16.0 Å². The fraction of sp³-hybridized carbons (Fsp3) is 0.500. The first-order chi connectivity index (χ1) is 8.61. The quantitative estimate of drug-likeness (QED) is 0.586. The molecule has 0 aliphatic carbocycles. The lowest BCUT2D eigenvalue weighted by atomic mass is 10.1. The van der Waals surface area contributed by atoms with Gasteiger partial charge in [0.05, 0.1) is 0 Å². The predicted molar refractivity (Wildman–Crippen MR) is 75.1 cm³/mol. The molecule has 0 bridgehead atoms. The van der Waals surface area contributed by atoms with Crippen LogP contribution in [0.1, 0.15) is 26.3 Å². The second-order valence-corrected chi connectivity index (χ2v) is 4.64. The monoisotopic (exact) mass is 269 g/mol. The molecule has 1 unspecified atom stereocenters. The molecular weight excluding hydrogens is 250 g/mol. The minimum atomic E-state index is -0.560. The summed E-state index contributed by atoms with van der Waals surface area (Å²) in [5.74, 6) is -0.133. The van der Waals surface area contributed by atoms with Crippen molar-refractivity contribution in [3.8, 4) is 0 Å². The fourth-order valence-corrected chi connectivity index (χ4v) is 1.84. The van der Waals surface area contributed by atoms with Crippen LogP contribution >= 0.6 is 11.6 Å². The van der Waals surface area contributed by atoms with Gasteiger partial charge in [-0.3, -0.25) is 9.69 Å². The number of hydrogen-bond donors (Lipinski definition) is 0. The summed E-state index contributed by atoms with van der Waals surface area (Å²) in [6, 6.07) is 7.82. The molecule has 0 saturated heterocycles. The Bertz CT molecular complexity index is 393. The Morgan fingerprint density at radius 3 is 2.61 bits per heavy atom. The van der Waals surface area contributed by atoms with E-state index in [1.165, 1.54) is 0 Å². The van der Waals surface area contributed by atoms with Gasteiger partial charge in [-0.15, -0.1) is 11.6 Å². The van der Waals surface area contributed by atoms with Gasteiger partial charge in [-0.2, -0.15) is 0 Å². The van der Waals surface area contributed by atoms with Crippen molar-refractivity contribution in [1.29, 1.82) is 0 Å². The van der Waals surface area contributed by atoms with Crippen molar-refractivity contribution in [2.24, 2.45) is 0 Å². The van der Waals surface area contributed by atoms with E-state index in [2.05, 4.69) is 6.92 Å². The first kappa shape index (κ1) is 15.0. The van der Waals surface area contributed by atoms with E-state index in [1.807, 2.05) is 31.2 Å². The molecule has 0 radical (unpaired) electrons. The SMILES string of the molecule is CCOCN(C(=O)C(C)Cl)c1ccccc1CC. The van der Waals surface area contributed by atoms with E-state index >= 15 is 0 Å². The molecule has 0 heterocycles. The first-order valence-corrected chi connectivity index (χ1v) is 6.66. The predicted octanol–water partition coefficient (Wildman–Crippen LogP) is 3.20. The molecule has 1 aromatic rings. The Hall–Kier alpha value is -1.06. The van der Waals surface area contributed by atoms with Gasteiger partial charge in [0.2, 0.25) is 5.91 Å². The van der Waals surface area contributed by atoms with E-state index < -0.39 is 5.38 Å². The largest absolute Gasteiger partial charge is 0.361 e. The smallest absolute Gasteiger partial charge is 0.246 e. The highest BCUT2D eigenvalue weighted by atomic mass is 35.5. The molecule has 0 saturated carbocycles. The maximum absolute atomic E-state index is 12.1. The van der Waals surface area contributed by atoms with Crippen LogP contribution in [0.3, 0.4) is 0 Å². The zero-order valence-electron chi connectivity index (χ0n) is 11.1. The molecule has 100 valence electrons. The summed E-state index contributed by atoms with van der Waals surface area (Å²) in [4.78, 5) is 13.7. The standard InChI is InChI=1S/C14H20ClNO2/c1-4-12-8-6-7-9-13(12)16(10-18-5-2)14(17)11(3)15/h6-9,11H,4-5,10H2,1-3H3. The van der Waals surface area contributed by atoms with Crippen LogP contribution < -0.4 is 4.90 Å². The zero-order chi connectivity index (χ0) is 13.5. The molecule has 0 fully saturated rings. The summed E-state index contributed by atoms with van der Waals surface area (Å²) in [6.07, 6.45) is 0.864. The van der Waals surface area contributed by atoms with Crippen LogP contribution in [0, 0.1) is 0 Å². The number of alkyl halides is 1. The average molecular weight is 270 g/mol. The number of anilines is 1. The van der Waals surface area contributed by atoms with Gasteiger partial charge < -0.3 is 4.74 Å². The van der Waals surface area contributed by atoms with Crippen molar-refractivity contribution in [3.63, 3.8) is 0 Å². The molecule has 3 nitrogen and oxygen atoms in total. The van der Waals surface area contributed by atoms with Gasteiger partial charge in [-0.1, -0.05) is 25.1 Å². The van der Waals surface area contributed by atoms with Crippen molar-refractivity contribution < 1.29 is 9.53 Å². The molecule has 1 amide bonds. The maximum Gasteiger partial charge on any atom is 0.246 e. The Morgan fingerprint density at radius 1 is 1.39 bits per heavy atom. The van der Waals surface area contributed by atoms with E-state index in [-0.39, 0.29) is 12.6 Å². The molecule has 1 aromatic carbocycles. The van der Waals surface area contributed by atoms with Crippen LogP contribution in [-0.4, -0.2) is 24.6 Å². The molecule has 0 spiro atoms. The third kappa shape index (κ3) is 3.72. The van der Waals surface area contributed by atoms with Crippen LogP contribution in [0.15, 0.2) is 24.3 Å². The average Bonchev–Trinajstić information content (AvgIpc) is 2.39. The molecular formula is C14H20ClNO2. The van der Waals surface area contributed by atoms with Crippen molar-refractivity contribution in [1.82, 2.24) is 0 Å². The third-order valence-electron chi connectivity index (χ3n) is 2.69. The van der Waals surface area contributed by atoms with Gasteiger partial charge in [0, 0.05) is 12.3 Å². The molecule has 0 N–H and O–H groups in total. The lowest BCUT2D eigenvalue weighted by Gasteiger charge is -2.25. The van der Waals surface area contributed by atoms with E-state index in [1.54, 1.807) is 11.8 Å². The Labute approximate surface area is 114 Å². The van der Waals surface area contributed by atoms with Gasteiger partial charge in [0.15, 0.2) is 0 Å². The number of halogens is 1. The van der Waals surface area contributed by atoms with Gasteiger partial charge >= 0.3 is 0 Å². The van der Waals surface area contributed by atoms with Gasteiger partial charge in [0.1, 0.15) is 12.1 Å². The van der Waals surface area contributed by atoms with Crippen LogP contribution in [0.25, 0.3) is 0 Å². The van der Waals surface area contributed by atoms with Crippen LogP contribution in [0.5, 0.6) is 0 Å². The number of nitrogens with zero attached hydrogens (tertiary/aromatic N) is 1. The van der Waals surface area contributed by atoms with Gasteiger partial charge in [0.25, 0.3) is 0 Å². The maximum atomic E-state index is 12.1. The number of benzene rings is 1. The number of rotatable bonds is 6. The van der Waals surface area contributed by atoms with E-state index in [9.17, 15) is 4.79 Å². The molecule has 18 heavy (non-hydrogen) atoms. The minimum absolute atomic E-state index is 0.133. The Morgan fingerprint density at radius 2 is 2.06 bits per heavy atom. The van der Waals surface area contributed by atoms with E-state index in [0.29, 0.717) is 6.61 Å². The molecule has 1 rings (SSSR count). The van der Waals surface area contributed by atoms with Crippen molar-refractivity contribution in [2.75, 3.05) is 18.2 Å². The number of aryl methyl sites for hydroxylation is 1. The molecule has 0 aliphatic heterocycles. The topological polar surface area (TPSA) is 29.5 Å². The summed E-state index contributed by atoms with van der Waals surface area (Å²) >= 11 is 5.90. The highest BCUT2D eigenvalue weighted by Gasteiger charge is 2.21.